The molecular weight excluding hydrogens is 367 g/mol. The summed E-state index contributed by atoms with van der Waals surface area (Å²) >= 11 is 0. The molecule has 7 heteroatoms. The standard InChI is InChI=1S/C21H22F3N3O/c1-20(2,13-25-18(28)11-21(22,23)24)19(14-6-4-3-5-7-14)15-8-9-17-16(10-15)12-26-27-17/h3-10,12,19H,11,13H2,1-2H3,(H,25,28)(H,26,27)/t19-/m1/s1. The van der Waals surface area contributed by atoms with Crippen LogP contribution in [0.25, 0.3) is 10.9 Å². The fourth-order valence-corrected chi connectivity index (χ4v) is 3.55. The molecule has 0 unspecified atom stereocenters. The monoisotopic (exact) mass is 389 g/mol. The van der Waals surface area contributed by atoms with Crippen LogP contribution in [-0.4, -0.2) is 28.8 Å². The molecule has 1 aromatic heterocycles. The normalized spacial score (nSPS) is 13.5. The maximum atomic E-state index is 12.5. The molecule has 0 aliphatic carbocycles. The first-order valence-electron chi connectivity index (χ1n) is 8.97. The van der Waals surface area contributed by atoms with Gasteiger partial charge in [0, 0.05) is 17.8 Å². The van der Waals surface area contributed by atoms with Gasteiger partial charge in [0.1, 0.15) is 6.42 Å². The second kappa shape index (κ2) is 7.66. The number of benzene rings is 2. The zero-order chi connectivity index (χ0) is 20.4. The highest BCUT2D eigenvalue weighted by Crippen LogP contribution is 2.41. The van der Waals surface area contributed by atoms with Gasteiger partial charge in [-0.05, 0) is 28.7 Å². The predicted molar refractivity (Wildman–Crippen MR) is 102 cm³/mol. The molecule has 148 valence electrons. The number of hydrogen-bond acceptors (Lipinski definition) is 2. The van der Waals surface area contributed by atoms with E-state index in [1.54, 1.807) is 6.20 Å². The van der Waals surface area contributed by atoms with E-state index in [1.807, 2.05) is 62.4 Å². The number of aromatic nitrogens is 2. The third kappa shape index (κ3) is 4.71. The Balaban J connectivity index is 1.90. The Morgan fingerprint density at radius 1 is 1.11 bits per heavy atom. The van der Waals surface area contributed by atoms with E-state index in [0.29, 0.717) is 0 Å². The van der Waals surface area contributed by atoms with Gasteiger partial charge in [-0.15, -0.1) is 0 Å². The Kier molecular flexibility index (Phi) is 5.45. The molecule has 0 radical (unpaired) electrons. The highest BCUT2D eigenvalue weighted by atomic mass is 19.4. The Bertz CT molecular complexity index is 948. The summed E-state index contributed by atoms with van der Waals surface area (Å²) < 4.78 is 37.4. The lowest BCUT2D eigenvalue weighted by Crippen LogP contribution is -2.39. The van der Waals surface area contributed by atoms with Gasteiger partial charge in [0.25, 0.3) is 0 Å². The number of H-pyrrole nitrogens is 1. The van der Waals surface area contributed by atoms with Crippen LogP contribution in [0.5, 0.6) is 0 Å². The second-order valence-electron chi connectivity index (χ2n) is 7.62. The first-order valence-corrected chi connectivity index (χ1v) is 8.97. The van der Waals surface area contributed by atoms with Gasteiger partial charge in [0.2, 0.25) is 5.91 Å². The molecule has 0 bridgehead atoms. The number of nitrogens with one attached hydrogen (secondary N) is 2. The summed E-state index contributed by atoms with van der Waals surface area (Å²) in [6, 6.07) is 15.7. The van der Waals surface area contributed by atoms with Crippen molar-refractivity contribution < 1.29 is 18.0 Å². The molecular formula is C21H22F3N3O. The minimum Gasteiger partial charge on any atom is -0.355 e. The lowest BCUT2D eigenvalue weighted by atomic mass is 9.71. The lowest BCUT2D eigenvalue weighted by molar-refractivity contribution is -0.154. The predicted octanol–water partition coefficient (Wildman–Crippen LogP) is 4.79. The summed E-state index contributed by atoms with van der Waals surface area (Å²) in [6.45, 7) is 4.00. The maximum absolute atomic E-state index is 12.5. The molecule has 3 rings (SSSR count). The Morgan fingerprint density at radius 2 is 1.82 bits per heavy atom. The van der Waals surface area contributed by atoms with Crippen LogP contribution in [0, 0.1) is 5.41 Å². The van der Waals surface area contributed by atoms with E-state index in [9.17, 15) is 18.0 Å². The van der Waals surface area contributed by atoms with Crippen LogP contribution in [0.2, 0.25) is 0 Å². The van der Waals surface area contributed by atoms with Crippen molar-refractivity contribution in [1.29, 1.82) is 0 Å². The van der Waals surface area contributed by atoms with Gasteiger partial charge in [0.15, 0.2) is 0 Å². The zero-order valence-corrected chi connectivity index (χ0v) is 15.7. The largest absolute Gasteiger partial charge is 0.397 e. The third-order valence-electron chi connectivity index (χ3n) is 4.81. The van der Waals surface area contributed by atoms with Crippen LogP contribution in [-0.2, 0) is 4.79 Å². The summed E-state index contributed by atoms with van der Waals surface area (Å²) in [5.41, 5.74) is 2.42. The van der Waals surface area contributed by atoms with Crippen LogP contribution in [0.3, 0.4) is 0 Å². The van der Waals surface area contributed by atoms with E-state index >= 15 is 0 Å². The van der Waals surface area contributed by atoms with Crippen LogP contribution < -0.4 is 5.32 Å². The topological polar surface area (TPSA) is 57.8 Å². The van der Waals surface area contributed by atoms with E-state index in [1.165, 1.54) is 0 Å². The fraction of sp³-hybridized carbons (Fsp3) is 0.333. The van der Waals surface area contributed by atoms with E-state index in [-0.39, 0.29) is 12.5 Å². The molecule has 0 aliphatic heterocycles. The molecule has 0 fully saturated rings. The van der Waals surface area contributed by atoms with Crippen molar-refractivity contribution in [2.45, 2.75) is 32.4 Å². The number of halogens is 3. The fourth-order valence-electron chi connectivity index (χ4n) is 3.55. The van der Waals surface area contributed by atoms with E-state index in [2.05, 4.69) is 15.5 Å². The van der Waals surface area contributed by atoms with Crippen molar-refractivity contribution in [1.82, 2.24) is 15.5 Å². The number of rotatable bonds is 6. The molecule has 0 saturated carbocycles. The molecule has 1 atom stereocenters. The van der Waals surface area contributed by atoms with Crippen LogP contribution in [0.15, 0.2) is 54.7 Å². The summed E-state index contributed by atoms with van der Waals surface area (Å²) in [7, 11) is 0. The van der Waals surface area contributed by atoms with Crippen LogP contribution in [0.1, 0.15) is 37.3 Å². The molecule has 1 amide bonds. The molecule has 3 aromatic rings. The van der Waals surface area contributed by atoms with E-state index in [4.69, 9.17) is 0 Å². The summed E-state index contributed by atoms with van der Waals surface area (Å²) in [4.78, 5) is 11.7. The van der Waals surface area contributed by atoms with E-state index in [0.717, 1.165) is 22.0 Å². The zero-order valence-electron chi connectivity index (χ0n) is 15.7. The molecule has 2 N–H and O–H groups in total. The van der Waals surface area contributed by atoms with Crippen molar-refractivity contribution in [3.63, 3.8) is 0 Å². The molecule has 1 heterocycles. The first kappa shape index (κ1) is 19.9. The molecule has 2 aromatic carbocycles. The number of carbonyl (C=O) groups is 1. The number of carbonyl (C=O) groups excluding carboxylic acids is 1. The van der Waals surface area contributed by atoms with E-state index < -0.39 is 23.9 Å². The SMILES string of the molecule is CC(C)(CNC(=O)CC(F)(F)F)[C@H](c1ccccc1)c1ccc2[nH]ncc2c1. The molecule has 0 saturated heterocycles. The molecule has 28 heavy (non-hydrogen) atoms. The van der Waals surface area contributed by atoms with Gasteiger partial charge in [-0.3, -0.25) is 9.89 Å². The smallest absolute Gasteiger partial charge is 0.355 e. The summed E-state index contributed by atoms with van der Waals surface area (Å²) in [5.74, 6) is -1.14. The highest BCUT2D eigenvalue weighted by molar-refractivity contribution is 5.79. The van der Waals surface area contributed by atoms with Crippen molar-refractivity contribution in [3.8, 4) is 0 Å². The molecule has 0 spiro atoms. The number of nitrogens with zero attached hydrogens (tertiary/aromatic N) is 1. The Hall–Kier alpha value is -2.83. The van der Waals surface area contributed by atoms with Crippen LogP contribution >= 0.6 is 0 Å². The van der Waals surface area contributed by atoms with Crippen molar-refractivity contribution in [2.75, 3.05) is 6.54 Å². The van der Waals surface area contributed by atoms with Gasteiger partial charge < -0.3 is 5.32 Å². The van der Waals surface area contributed by atoms with Gasteiger partial charge in [-0.1, -0.05) is 50.2 Å². The number of alkyl halides is 3. The van der Waals surface area contributed by atoms with Gasteiger partial charge in [-0.2, -0.15) is 18.3 Å². The lowest BCUT2D eigenvalue weighted by Gasteiger charge is -2.35. The Morgan fingerprint density at radius 3 is 2.50 bits per heavy atom. The highest BCUT2D eigenvalue weighted by Gasteiger charge is 2.35. The second-order valence-corrected chi connectivity index (χ2v) is 7.62. The minimum atomic E-state index is -4.51. The number of aromatic amines is 1. The van der Waals surface area contributed by atoms with Crippen molar-refractivity contribution in [2.24, 2.45) is 5.41 Å². The third-order valence-corrected chi connectivity index (χ3v) is 4.81. The first-order chi connectivity index (χ1) is 13.2. The van der Waals surface area contributed by atoms with Crippen LogP contribution in [0.4, 0.5) is 13.2 Å². The summed E-state index contributed by atoms with van der Waals surface area (Å²) in [6.07, 6.45) is -4.25. The van der Waals surface area contributed by atoms with Gasteiger partial charge >= 0.3 is 6.18 Å². The average molecular weight is 389 g/mol. The average Bonchev–Trinajstić information content (AvgIpc) is 3.07. The number of hydrogen-bond donors (Lipinski definition) is 2. The van der Waals surface area contributed by atoms with Gasteiger partial charge in [-0.25, -0.2) is 0 Å². The number of amides is 1. The Labute approximate surface area is 161 Å². The number of fused-ring (bicyclic) bond motifs is 1. The quantitative estimate of drug-likeness (QED) is 0.637. The minimum absolute atomic E-state index is 0.116. The molecule has 4 nitrogen and oxygen atoms in total. The van der Waals surface area contributed by atoms with Crippen molar-refractivity contribution >= 4 is 16.8 Å². The maximum Gasteiger partial charge on any atom is 0.397 e. The van der Waals surface area contributed by atoms with Gasteiger partial charge in [0.05, 0.1) is 11.7 Å². The molecule has 0 aliphatic rings. The van der Waals surface area contributed by atoms with Crippen molar-refractivity contribution in [3.05, 3.63) is 65.9 Å². The summed E-state index contributed by atoms with van der Waals surface area (Å²) in [5, 5.41) is 10.4.